The van der Waals surface area contributed by atoms with Crippen LogP contribution in [0.3, 0.4) is 0 Å². The van der Waals surface area contributed by atoms with Gasteiger partial charge in [0.1, 0.15) is 11.5 Å². The highest BCUT2D eigenvalue weighted by atomic mass is 35.5. The molecule has 0 N–H and O–H groups in total. The minimum atomic E-state index is -0.988. The van der Waals surface area contributed by atoms with Gasteiger partial charge in [-0.1, -0.05) is 0 Å². The van der Waals surface area contributed by atoms with Crippen LogP contribution in [0.25, 0.3) is 0 Å². The quantitative estimate of drug-likeness (QED) is 0.572. The van der Waals surface area contributed by atoms with Gasteiger partial charge in [-0.15, -0.1) is 0 Å². The van der Waals surface area contributed by atoms with Crippen LogP contribution in [-0.2, 0) is 0 Å². The maximum atomic E-state index is 10.6. The topological polar surface area (TPSA) is 52.6 Å². The molecule has 1 aromatic rings. The van der Waals surface area contributed by atoms with Crippen LogP contribution in [0, 0.1) is 0 Å². The van der Waals surface area contributed by atoms with Crippen LogP contribution in [0.4, 0.5) is 4.79 Å². The summed E-state index contributed by atoms with van der Waals surface area (Å²) >= 11 is 5.01. The van der Waals surface area contributed by atoms with E-state index >= 15 is 0 Å². The molecule has 0 amide bonds. The number of carbonyl (C=O) groups is 2. The molecule has 74 valence electrons. The number of carbonyl (C=O) groups excluding carboxylic acids is 2. The number of methoxy groups -OCH3 is 1. The van der Waals surface area contributed by atoms with E-state index in [-0.39, 0.29) is 11.3 Å². The second-order valence-corrected chi connectivity index (χ2v) is 2.67. The van der Waals surface area contributed by atoms with Crippen molar-refractivity contribution in [3.8, 4) is 11.5 Å². The number of halogens is 1. The molecule has 0 aliphatic heterocycles. The normalized spacial score (nSPS) is 9.29. The van der Waals surface area contributed by atoms with Gasteiger partial charge >= 0.3 is 5.43 Å². The number of hydrogen-bond acceptors (Lipinski definition) is 4. The first-order valence-electron chi connectivity index (χ1n) is 3.68. The fourth-order valence-electron chi connectivity index (χ4n) is 0.925. The molecule has 0 saturated heterocycles. The third kappa shape index (κ3) is 2.47. The summed E-state index contributed by atoms with van der Waals surface area (Å²) in [5.74, 6) is 0.613. The SMILES string of the molecule is COc1ccc(OC(=O)Cl)c(C=O)c1. The highest BCUT2D eigenvalue weighted by Gasteiger charge is 2.07. The molecule has 0 heterocycles. The Kier molecular flexibility index (Phi) is 3.48. The number of hydrogen-bond donors (Lipinski definition) is 0. The molecular weight excluding hydrogens is 208 g/mol. The molecule has 0 aliphatic carbocycles. The van der Waals surface area contributed by atoms with E-state index in [0.29, 0.717) is 12.0 Å². The average molecular weight is 215 g/mol. The Hall–Kier alpha value is -1.55. The van der Waals surface area contributed by atoms with Crippen molar-refractivity contribution in [2.45, 2.75) is 0 Å². The van der Waals surface area contributed by atoms with Crippen molar-refractivity contribution >= 4 is 23.3 Å². The lowest BCUT2D eigenvalue weighted by atomic mass is 10.2. The van der Waals surface area contributed by atoms with Crippen molar-refractivity contribution in [2.24, 2.45) is 0 Å². The van der Waals surface area contributed by atoms with Gasteiger partial charge in [-0.05, 0) is 18.2 Å². The molecule has 0 spiro atoms. The van der Waals surface area contributed by atoms with Crippen molar-refractivity contribution in [2.75, 3.05) is 7.11 Å². The van der Waals surface area contributed by atoms with Crippen molar-refractivity contribution in [3.05, 3.63) is 23.8 Å². The predicted octanol–water partition coefficient (Wildman–Crippen LogP) is 2.25. The Balaban J connectivity index is 3.04. The van der Waals surface area contributed by atoms with Crippen LogP contribution in [0.5, 0.6) is 11.5 Å². The van der Waals surface area contributed by atoms with Gasteiger partial charge in [0.25, 0.3) is 0 Å². The second kappa shape index (κ2) is 4.62. The first-order valence-corrected chi connectivity index (χ1v) is 4.05. The van der Waals surface area contributed by atoms with Gasteiger partial charge < -0.3 is 9.47 Å². The van der Waals surface area contributed by atoms with Gasteiger partial charge in [0.2, 0.25) is 0 Å². The summed E-state index contributed by atoms with van der Waals surface area (Å²) in [7, 11) is 1.47. The average Bonchev–Trinajstić information content (AvgIpc) is 2.17. The molecule has 0 aromatic heterocycles. The van der Waals surface area contributed by atoms with E-state index in [0.717, 1.165) is 0 Å². The largest absolute Gasteiger partial charge is 0.497 e. The van der Waals surface area contributed by atoms with E-state index in [2.05, 4.69) is 4.74 Å². The molecule has 0 saturated carbocycles. The number of benzene rings is 1. The standard InChI is InChI=1S/C9H7ClO4/c1-13-7-2-3-8(14-9(10)12)6(4-7)5-11/h2-5H,1H3. The summed E-state index contributed by atoms with van der Waals surface area (Å²) in [4.78, 5) is 21.0. The van der Waals surface area contributed by atoms with E-state index in [1.165, 1.54) is 19.2 Å². The lowest BCUT2D eigenvalue weighted by Gasteiger charge is -2.05. The molecule has 0 radical (unpaired) electrons. The van der Waals surface area contributed by atoms with E-state index in [1.54, 1.807) is 6.07 Å². The van der Waals surface area contributed by atoms with E-state index in [1.807, 2.05) is 0 Å². The molecule has 14 heavy (non-hydrogen) atoms. The van der Waals surface area contributed by atoms with Gasteiger partial charge in [-0.2, -0.15) is 0 Å². The maximum Gasteiger partial charge on any atom is 0.409 e. The van der Waals surface area contributed by atoms with Crippen LogP contribution in [0.2, 0.25) is 0 Å². The summed E-state index contributed by atoms with van der Waals surface area (Å²) in [6.07, 6.45) is 0.553. The van der Waals surface area contributed by atoms with Crippen molar-refractivity contribution in [3.63, 3.8) is 0 Å². The van der Waals surface area contributed by atoms with Crippen LogP contribution in [-0.4, -0.2) is 18.8 Å². The Bertz CT molecular complexity index is 362. The Morgan fingerprint density at radius 1 is 1.50 bits per heavy atom. The Morgan fingerprint density at radius 3 is 2.71 bits per heavy atom. The van der Waals surface area contributed by atoms with Gasteiger partial charge in [0.15, 0.2) is 6.29 Å². The lowest BCUT2D eigenvalue weighted by Crippen LogP contribution is -1.99. The molecule has 5 heteroatoms. The zero-order valence-corrected chi connectivity index (χ0v) is 8.08. The lowest BCUT2D eigenvalue weighted by molar-refractivity contribution is 0.112. The third-order valence-electron chi connectivity index (χ3n) is 1.53. The Labute approximate surface area is 85.4 Å². The monoisotopic (exact) mass is 214 g/mol. The highest BCUT2D eigenvalue weighted by molar-refractivity contribution is 6.61. The maximum absolute atomic E-state index is 10.6. The first-order chi connectivity index (χ1) is 6.67. The van der Waals surface area contributed by atoms with E-state index in [4.69, 9.17) is 16.3 Å². The molecule has 1 rings (SSSR count). The molecule has 0 atom stereocenters. The summed E-state index contributed by atoms with van der Waals surface area (Å²) in [5.41, 5.74) is -0.781. The van der Waals surface area contributed by atoms with Gasteiger partial charge in [-0.25, -0.2) is 4.79 Å². The summed E-state index contributed by atoms with van der Waals surface area (Å²) in [5, 5.41) is 0. The Morgan fingerprint density at radius 2 is 2.21 bits per heavy atom. The van der Waals surface area contributed by atoms with Crippen LogP contribution < -0.4 is 9.47 Å². The molecule has 4 nitrogen and oxygen atoms in total. The highest BCUT2D eigenvalue weighted by Crippen LogP contribution is 2.23. The van der Waals surface area contributed by atoms with Crippen LogP contribution in [0.15, 0.2) is 18.2 Å². The minimum Gasteiger partial charge on any atom is -0.497 e. The van der Waals surface area contributed by atoms with E-state index < -0.39 is 5.43 Å². The molecule has 0 unspecified atom stereocenters. The van der Waals surface area contributed by atoms with Gasteiger partial charge in [-0.3, -0.25) is 4.79 Å². The molecule has 0 fully saturated rings. The van der Waals surface area contributed by atoms with E-state index in [9.17, 15) is 9.59 Å². The number of rotatable bonds is 3. The second-order valence-electron chi connectivity index (χ2n) is 2.36. The zero-order chi connectivity index (χ0) is 10.6. The van der Waals surface area contributed by atoms with Crippen LogP contribution >= 0.6 is 11.6 Å². The summed E-state index contributed by atoms with van der Waals surface area (Å²) in [6, 6.07) is 4.44. The fourth-order valence-corrected chi connectivity index (χ4v) is 1.01. The third-order valence-corrected chi connectivity index (χ3v) is 1.61. The smallest absolute Gasteiger partial charge is 0.409 e. The minimum absolute atomic E-state index is 0.112. The first kappa shape index (κ1) is 10.5. The predicted molar refractivity (Wildman–Crippen MR) is 50.3 cm³/mol. The molecular formula is C9H7ClO4. The molecule has 0 aliphatic rings. The molecule has 1 aromatic carbocycles. The van der Waals surface area contributed by atoms with Gasteiger partial charge in [0.05, 0.1) is 12.7 Å². The van der Waals surface area contributed by atoms with Crippen molar-refractivity contribution in [1.82, 2.24) is 0 Å². The fraction of sp³-hybridized carbons (Fsp3) is 0.111. The number of aldehydes is 1. The molecule has 0 bridgehead atoms. The van der Waals surface area contributed by atoms with Crippen LogP contribution in [0.1, 0.15) is 10.4 Å². The summed E-state index contributed by atoms with van der Waals surface area (Å²) < 4.78 is 9.46. The summed E-state index contributed by atoms with van der Waals surface area (Å²) in [6.45, 7) is 0. The number of ether oxygens (including phenoxy) is 2. The van der Waals surface area contributed by atoms with Gasteiger partial charge in [0, 0.05) is 11.6 Å². The van der Waals surface area contributed by atoms with Crippen molar-refractivity contribution < 1.29 is 19.1 Å². The zero-order valence-electron chi connectivity index (χ0n) is 7.32. The van der Waals surface area contributed by atoms with Crippen molar-refractivity contribution in [1.29, 1.82) is 0 Å².